The van der Waals surface area contributed by atoms with Crippen molar-refractivity contribution in [2.45, 2.75) is 33.1 Å². The molecule has 0 rings (SSSR count). The molecule has 0 aromatic carbocycles. The van der Waals surface area contributed by atoms with Crippen molar-refractivity contribution in [1.82, 2.24) is 4.72 Å². The summed E-state index contributed by atoms with van der Waals surface area (Å²) in [5, 5.41) is 17.6. The van der Waals surface area contributed by atoms with Gasteiger partial charge in [-0.3, -0.25) is 9.59 Å². The second-order valence-corrected chi connectivity index (χ2v) is 6.36. The Morgan fingerprint density at radius 1 is 1.28 bits per heavy atom. The molecule has 0 heterocycles. The van der Waals surface area contributed by atoms with Gasteiger partial charge in [0.2, 0.25) is 10.0 Å². The van der Waals surface area contributed by atoms with Crippen molar-refractivity contribution >= 4 is 22.0 Å². The molecule has 106 valence electrons. The van der Waals surface area contributed by atoms with Crippen LogP contribution < -0.4 is 4.72 Å². The van der Waals surface area contributed by atoms with E-state index in [4.69, 9.17) is 10.2 Å². The predicted molar refractivity (Wildman–Crippen MR) is 64.7 cm³/mol. The fourth-order valence-corrected chi connectivity index (χ4v) is 2.57. The molecule has 0 aromatic rings. The Balaban J connectivity index is 4.63. The number of nitrogens with one attached hydrogen (secondary N) is 1. The first-order chi connectivity index (χ1) is 8.13. The minimum atomic E-state index is -3.55. The normalized spacial score (nSPS) is 15.0. The molecule has 0 fully saturated rings. The van der Waals surface area contributed by atoms with Crippen LogP contribution in [0.2, 0.25) is 0 Å². The molecule has 1 atom stereocenters. The highest BCUT2D eigenvalue weighted by Crippen LogP contribution is 2.21. The van der Waals surface area contributed by atoms with Crippen LogP contribution in [0.25, 0.3) is 0 Å². The van der Waals surface area contributed by atoms with E-state index >= 15 is 0 Å². The molecule has 3 N–H and O–H groups in total. The van der Waals surface area contributed by atoms with E-state index in [9.17, 15) is 18.0 Å². The minimum Gasteiger partial charge on any atom is -0.481 e. The summed E-state index contributed by atoms with van der Waals surface area (Å²) in [6.45, 7) is 2.60. The van der Waals surface area contributed by atoms with Gasteiger partial charge in [-0.05, 0) is 13.3 Å². The summed E-state index contributed by atoms with van der Waals surface area (Å²) in [7, 11) is -3.55. The third kappa shape index (κ3) is 5.97. The molecule has 8 heteroatoms. The number of aliphatic carboxylic acids is 2. The zero-order chi connectivity index (χ0) is 14.4. The minimum absolute atomic E-state index is 0.0910. The molecule has 1 unspecified atom stereocenters. The van der Waals surface area contributed by atoms with Gasteiger partial charge in [-0.1, -0.05) is 13.3 Å². The molecule has 0 radical (unpaired) electrons. The monoisotopic (exact) mass is 281 g/mol. The fourth-order valence-electron chi connectivity index (χ4n) is 1.22. The van der Waals surface area contributed by atoms with Gasteiger partial charge in [0.05, 0.1) is 17.6 Å². The molecule has 0 bridgehead atoms. The van der Waals surface area contributed by atoms with Crippen LogP contribution in [0.4, 0.5) is 0 Å². The van der Waals surface area contributed by atoms with E-state index < -0.39 is 40.3 Å². The molecule has 0 aliphatic heterocycles. The van der Waals surface area contributed by atoms with Gasteiger partial charge in [0.1, 0.15) is 0 Å². The average molecular weight is 281 g/mol. The van der Waals surface area contributed by atoms with Crippen LogP contribution in [0.15, 0.2) is 0 Å². The van der Waals surface area contributed by atoms with Crippen LogP contribution >= 0.6 is 0 Å². The molecule has 0 spiro atoms. The maximum absolute atomic E-state index is 11.5. The van der Waals surface area contributed by atoms with Crippen LogP contribution in [0.3, 0.4) is 0 Å². The smallest absolute Gasteiger partial charge is 0.311 e. The molecule has 0 saturated carbocycles. The quantitative estimate of drug-likeness (QED) is 0.558. The Labute approximate surface area is 106 Å². The lowest BCUT2D eigenvalue weighted by atomic mass is 9.87. The molecule has 0 saturated heterocycles. The van der Waals surface area contributed by atoms with E-state index in [1.165, 1.54) is 6.92 Å². The largest absolute Gasteiger partial charge is 0.481 e. The molecule has 7 nitrogen and oxygen atoms in total. The number of hydrogen-bond donors (Lipinski definition) is 3. The zero-order valence-corrected chi connectivity index (χ0v) is 11.3. The summed E-state index contributed by atoms with van der Waals surface area (Å²) in [6, 6.07) is 0. The van der Waals surface area contributed by atoms with Gasteiger partial charge in [0.25, 0.3) is 0 Å². The third-order valence-corrected chi connectivity index (χ3v) is 3.92. The lowest BCUT2D eigenvalue weighted by molar-refractivity contribution is -0.154. The van der Waals surface area contributed by atoms with Gasteiger partial charge in [0.15, 0.2) is 0 Å². The standard InChI is InChI=1S/C10H19NO6S/c1-3-4-5-18(16,17)11-7-10(2,9(14)15)6-8(12)13/h11H,3-7H2,1-2H3,(H,12,13)(H,14,15). The average Bonchev–Trinajstić information content (AvgIpc) is 2.23. The van der Waals surface area contributed by atoms with Crippen molar-refractivity contribution in [3.8, 4) is 0 Å². The second-order valence-electron chi connectivity index (χ2n) is 4.43. The van der Waals surface area contributed by atoms with Gasteiger partial charge in [0, 0.05) is 6.54 Å². The fraction of sp³-hybridized carbons (Fsp3) is 0.800. The predicted octanol–water partition coefficient (Wildman–Crippen LogP) is 0.272. The van der Waals surface area contributed by atoms with Gasteiger partial charge in [-0.15, -0.1) is 0 Å². The topological polar surface area (TPSA) is 121 Å². The van der Waals surface area contributed by atoms with Crippen molar-refractivity contribution in [2.75, 3.05) is 12.3 Å². The van der Waals surface area contributed by atoms with E-state index in [0.717, 1.165) is 0 Å². The molecule has 0 aliphatic rings. The Hall–Kier alpha value is -1.15. The molecule has 0 amide bonds. The first-order valence-corrected chi connectivity index (χ1v) is 7.21. The Morgan fingerprint density at radius 3 is 2.22 bits per heavy atom. The number of rotatable bonds is 9. The highest BCUT2D eigenvalue weighted by molar-refractivity contribution is 7.89. The molecule has 0 aromatic heterocycles. The van der Waals surface area contributed by atoms with Crippen molar-refractivity contribution < 1.29 is 28.2 Å². The van der Waals surface area contributed by atoms with Crippen molar-refractivity contribution in [3.05, 3.63) is 0 Å². The maximum Gasteiger partial charge on any atom is 0.311 e. The van der Waals surface area contributed by atoms with E-state index in [0.29, 0.717) is 12.8 Å². The lowest BCUT2D eigenvalue weighted by Gasteiger charge is -2.22. The van der Waals surface area contributed by atoms with E-state index in [1.807, 2.05) is 6.92 Å². The van der Waals surface area contributed by atoms with Crippen LogP contribution in [0.5, 0.6) is 0 Å². The Kier molecular flexibility index (Phi) is 6.27. The van der Waals surface area contributed by atoms with Crippen molar-refractivity contribution in [2.24, 2.45) is 5.41 Å². The Bertz CT molecular complexity index is 405. The van der Waals surface area contributed by atoms with Gasteiger partial charge < -0.3 is 10.2 Å². The van der Waals surface area contributed by atoms with Gasteiger partial charge >= 0.3 is 11.9 Å². The Morgan fingerprint density at radius 2 is 1.83 bits per heavy atom. The van der Waals surface area contributed by atoms with Crippen molar-refractivity contribution in [3.63, 3.8) is 0 Å². The summed E-state index contributed by atoms with van der Waals surface area (Å²) in [4.78, 5) is 21.6. The number of carboxylic acids is 2. The van der Waals surface area contributed by atoms with Crippen molar-refractivity contribution in [1.29, 1.82) is 0 Å². The van der Waals surface area contributed by atoms with E-state index in [2.05, 4.69) is 4.72 Å². The van der Waals surface area contributed by atoms with Crippen LogP contribution in [-0.4, -0.2) is 42.9 Å². The summed E-state index contributed by atoms with van der Waals surface area (Å²) in [5.74, 6) is -2.72. The molecule has 0 aliphatic carbocycles. The van der Waals surface area contributed by atoms with Crippen LogP contribution in [0.1, 0.15) is 33.1 Å². The summed E-state index contributed by atoms with van der Waals surface area (Å²) < 4.78 is 25.1. The van der Waals surface area contributed by atoms with E-state index in [1.54, 1.807) is 0 Å². The second kappa shape index (κ2) is 6.69. The third-order valence-electron chi connectivity index (χ3n) is 2.51. The number of hydrogen-bond acceptors (Lipinski definition) is 4. The maximum atomic E-state index is 11.5. The van der Waals surface area contributed by atoms with Crippen LogP contribution in [-0.2, 0) is 19.6 Å². The molecule has 18 heavy (non-hydrogen) atoms. The first-order valence-electron chi connectivity index (χ1n) is 5.55. The number of carbonyl (C=O) groups is 2. The lowest BCUT2D eigenvalue weighted by Crippen LogP contribution is -2.43. The number of sulfonamides is 1. The molecular formula is C10H19NO6S. The summed E-state index contributed by atoms with van der Waals surface area (Å²) in [5.41, 5.74) is -1.65. The highest BCUT2D eigenvalue weighted by atomic mass is 32.2. The zero-order valence-electron chi connectivity index (χ0n) is 10.5. The number of unbranched alkanes of at least 4 members (excludes halogenated alkanes) is 1. The van der Waals surface area contributed by atoms with Gasteiger partial charge in [-0.2, -0.15) is 0 Å². The van der Waals surface area contributed by atoms with Gasteiger partial charge in [-0.25, -0.2) is 13.1 Å². The highest BCUT2D eigenvalue weighted by Gasteiger charge is 2.36. The van der Waals surface area contributed by atoms with E-state index in [-0.39, 0.29) is 5.75 Å². The summed E-state index contributed by atoms with van der Waals surface area (Å²) >= 11 is 0. The molecular weight excluding hydrogens is 262 g/mol. The SMILES string of the molecule is CCCCS(=O)(=O)NCC(C)(CC(=O)O)C(=O)O. The number of carboxylic acid groups (broad SMARTS) is 2. The van der Waals surface area contributed by atoms with Crippen LogP contribution in [0, 0.1) is 5.41 Å². The summed E-state index contributed by atoms with van der Waals surface area (Å²) in [6.07, 6.45) is 0.531. The first kappa shape index (κ1) is 16.9.